The van der Waals surface area contributed by atoms with Crippen molar-refractivity contribution in [2.75, 3.05) is 11.6 Å². The smallest absolute Gasteiger partial charge is 0.341 e. The van der Waals surface area contributed by atoms with E-state index in [2.05, 4.69) is 10.3 Å². The van der Waals surface area contributed by atoms with E-state index in [0.717, 1.165) is 0 Å². The lowest BCUT2D eigenvalue weighted by molar-refractivity contribution is -0.123. The summed E-state index contributed by atoms with van der Waals surface area (Å²) in [6.07, 6.45) is 2.37. The number of hydrogen-bond acceptors (Lipinski definition) is 6. The Hall–Kier alpha value is -2.85. The average Bonchev–Trinajstić information content (AvgIpc) is 2.61. The minimum atomic E-state index is -1.01. The average molecular weight is 341 g/mol. The van der Waals surface area contributed by atoms with Gasteiger partial charge in [-0.1, -0.05) is 12.1 Å². The van der Waals surface area contributed by atoms with Gasteiger partial charge in [0.25, 0.3) is 5.91 Å². The minimum absolute atomic E-state index is 0.307. The second kappa shape index (κ2) is 8.13. The molecule has 0 aliphatic carbocycles. The molecule has 0 radical (unpaired) electrons. The SMILES string of the molecule is CSc1ncccc1C(=O)O[C@H](C)C(=O)Nc1ccccc1C#N. The summed E-state index contributed by atoms with van der Waals surface area (Å²) in [5, 5.41) is 12.1. The first-order valence-electron chi connectivity index (χ1n) is 7.06. The van der Waals surface area contributed by atoms with E-state index in [1.165, 1.54) is 18.7 Å². The third-order valence-electron chi connectivity index (χ3n) is 3.14. The summed E-state index contributed by atoms with van der Waals surface area (Å²) in [7, 11) is 0. The molecule has 0 spiro atoms. The van der Waals surface area contributed by atoms with Crippen LogP contribution in [0.4, 0.5) is 5.69 Å². The fraction of sp³-hybridized carbons (Fsp3) is 0.176. The predicted octanol–water partition coefficient (Wildman–Crippen LogP) is 2.86. The molecule has 0 aliphatic rings. The van der Waals surface area contributed by atoms with Crippen molar-refractivity contribution in [3.05, 3.63) is 53.7 Å². The Morgan fingerprint density at radius 2 is 2.04 bits per heavy atom. The van der Waals surface area contributed by atoms with Crippen LogP contribution in [0.1, 0.15) is 22.8 Å². The molecule has 0 unspecified atom stereocenters. The van der Waals surface area contributed by atoms with E-state index >= 15 is 0 Å². The minimum Gasteiger partial charge on any atom is -0.449 e. The van der Waals surface area contributed by atoms with Crippen molar-refractivity contribution in [3.63, 3.8) is 0 Å². The van der Waals surface area contributed by atoms with Crippen molar-refractivity contribution in [1.82, 2.24) is 4.98 Å². The molecule has 2 rings (SSSR count). The van der Waals surface area contributed by atoms with Gasteiger partial charge in [0.1, 0.15) is 11.1 Å². The lowest BCUT2D eigenvalue weighted by Gasteiger charge is -2.14. The van der Waals surface area contributed by atoms with Crippen molar-refractivity contribution in [1.29, 1.82) is 5.26 Å². The predicted molar refractivity (Wildman–Crippen MR) is 90.7 cm³/mol. The number of para-hydroxylation sites is 1. The van der Waals surface area contributed by atoms with Crippen LogP contribution in [0.15, 0.2) is 47.6 Å². The highest BCUT2D eigenvalue weighted by atomic mass is 32.2. The van der Waals surface area contributed by atoms with E-state index in [1.54, 1.807) is 48.9 Å². The highest BCUT2D eigenvalue weighted by Gasteiger charge is 2.21. The zero-order chi connectivity index (χ0) is 17.5. The second-order valence-corrected chi connectivity index (χ2v) is 5.55. The number of rotatable bonds is 5. The number of anilines is 1. The number of amides is 1. The molecule has 0 saturated carbocycles. The van der Waals surface area contributed by atoms with E-state index in [9.17, 15) is 9.59 Å². The van der Waals surface area contributed by atoms with Gasteiger partial charge in [0.2, 0.25) is 0 Å². The third-order valence-corrected chi connectivity index (χ3v) is 3.85. The first kappa shape index (κ1) is 17.5. The maximum Gasteiger partial charge on any atom is 0.341 e. The largest absolute Gasteiger partial charge is 0.449 e. The molecule has 24 heavy (non-hydrogen) atoms. The molecular formula is C17H15N3O3S. The van der Waals surface area contributed by atoms with Crippen LogP contribution in [-0.4, -0.2) is 29.2 Å². The van der Waals surface area contributed by atoms with Crippen LogP contribution in [-0.2, 0) is 9.53 Å². The van der Waals surface area contributed by atoms with Gasteiger partial charge in [-0.05, 0) is 37.4 Å². The van der Waals surface area contributed by atoms with Crippen molar-refractivity contribution in [2.45, 2.75) is 18.1 Å². The Balaban J connectivity index is 2.06. The summed E-state index contributed by atoms with van der Waals surface area (Å²) < 4.78 is 5.20. The van der Waals surface area contributed by atoms with E-state index in [1.807, 2.05) is 6.07 Å². The van der Waals surface area contributed by atoms with E-state index in [-0.39, 0.29) is 0 Å². The van der Waals surface area contributed by atoms with Crippen LogP contribution in [0.5, 0.6) is 0 Å². The fourth-order valence-corrected chi connectivity index (χ4v) is 2.45. The maximum atomic E-state index is 12.2. The molecule has 1 aromatic heterocycles. The Labute approximate surface area is 143 Å². The van der Waals surface area contributed by atoms with Crippen LogP contribution in [0.2, 0.25) is 0 Å². The zero-order valence-corrected chi connectivity index (χ0v) is 14.0. The van der Waals surface area contributed by atoms with Crippen LogP contribution in [0.3, 0.4) is 0 Å². The second-order valence-electron chi connectivity index (χ2n) is 4.75. The first-order chi connectivity index (χ1) is 11.6. The Morgan fingerprint density at radius 3 is 2.75 bits per heavy atom. The molecule has 1 aromatic carbocycles. The molecule has 0 aliphatic heterocycles. The molecule has 1 amide bonds. The Bertz CT molecular complexity index is 802. The number of carbonyl (C=O) groups is 2. The van der Waals surface area contributed by atoms with Gasteiger partial charge < -0.3 is 10.1 Å². The molecule has 7 heteroatoms. The molecule has 0 bridgehead atoms. The number of nitrogens with zero attached hydrogens (tertiary/aromatic N) is 2. The summed E-state index contributed by atoms with van der Waals surface area (Å²) in [4.78, 5) is 28.5. The number of ether oxygens (including phenoxy) is 1. The van der Waals surface area contributed by atoms with Crippen LogP contribution < -0.4 is 5.32 Å². The summed E-state index contributed by atoms with van der Waals surface area (Å²) in [6.45, 7) is 1.47. The monoisotopic (exact) mass is 341 g/mol. The maximum absolute atomic E-state index is 12.2. The van der Waals surface area contributed by atoms with Gasteiger partial charge in [-0.2, -0.15) is 5.26 Å². The van der Waals surface area contributed by atoms with Gasteiger partial charge in [0.05, 0.1) is 16.8 Å². The van der Waals surface area contributed by atoms with Crippen LogP contribution in [0.25, 0.3) is 0 Å². The highest BCUT2D eigenvalue weighted by Crippen LogP contribution is 2.19. The molecule has 1 atom stereocenters. The zero-order valence-electron chi connectivity index (χ0n) is 13.1. The van der Waals surface area contributed by atoms with Gasteiger partial charge in [0, 0.05) is 6.20 Å². The molecule has 1 heterocycles. The number of nitriles is 1. The number of esters is 1. The Morgan fingerprint density at radius 1 is 1.29 bits per heavy atom. The van der Waals surface area contributed by atoms with E-state index < -0.39 is 18.0 Å². The van der Waals surface area contributed by atoms with Gasteiger partial charge in [-0.15, -0.1) is 11.8 Å². The summed E-state index contributed by atoms with van der Waals surface area (Å²) in [6, 6.07) is 11.8. The molecule has 0 fully saturated rings. The number of aromatic nitrogens is 1. The van der Waals surface area contributed by atoms with E-state index in [4.69, 9.17) is 10.00 Å². The molecule has 122 valence electrons. The number of thioether (sulfide) groups is 1. The molecule has 1 N–H and O–H groups in total. The number of pyridine rings is 1. The van der Waals surface area contributed by atoms with Crippen molar-refractivity contribution in [3.8, 4) is 6.07 Å². The number of hydrogen-bond donors (Lipinski definition) is 1. The summed E-state index contributed by atoms with van der Waals surface area (Å²) in [5.41, 5.74) is 1.02. The molecular weight excluding hydrogens is 326 g/mol. The van der Waals surface area contributed by atoms with Crippen LogP contribution in [0, 0.1) is 11.3 Å². The third kappa shape index (κ3) is 4.12. The number of benzene rings is 1. The van der Waals surface area contributed by atoms with Crippen molar-refractivity contribution < 1.29 is 14.3 Å². The van der Waals surface area contributed by atoms with Gasteiger partial charge in [0.15, 0.2) is 6.10 Å². The topological polar surface area (TPSA) is 92.1 Å². The molecule has 0 saturated heterocycles. The molecule has 6 nitrogen and oxygen atoms in total. The van der Waals surface area contributed by atoms with Crippen LogP contribution >= 0.6 is 11.8 Å². The quantitative estimate of drug-likeness (QED) is 0.664. The molecule has 2 aromatic rings. The normalized spacial score (nSPS) is 11.2. The van der Waals surface area contributed by atoms with Gasteiger partial charge in [-0.3, -0.25) is 4.79 Å². The van der Waals surface area contributed by atoms with Gasteiger partial charge >= 0.3 is 5.97 Å². The Kier molecular flexibility index (Phi) is 5.93. The van der Waals surface area contributed by atoms with Crippen molar-refractivity contribution >= 4 is 29.3 Å². The number of carbonyl (C=O) groups excluding carboxylic acids is 2. The lowest BCUT2D eigenvalue weighted by Crippen LogP contribution is -2.30. The summed E-state index contributed by atoms with van der Waals surface area (Å²) >= 11 is 1.32. The summed E-state index contributed by atoms with van der Waals surface area (Å²) in [5.74, 6) is -1.13. The van der Waals surface area contributed by atoms with E-state index in [0.29, 0.717) is 21.8 Å². The van der Waals surface area contributed by atoms with Gasteiger partial charge in [-0.25, -0.2) is 9.78 Å². The highest BCUT2D eigenvalue weighted by molar-refractivity contribution is 7.98. The lowest BCUT2D eigenvalue weighted by atomic mass is 10.2. The van der Waals surface area contributed by atoms with Crippen molar-refractivity contribution in [2.24, 2.45) is 0 Å². The standard InChI is InChI=1S/C17H15N3O3S/c1-11(15(21)20-14-8-4-3-6-12(14)10-18)23-17(22)13-7-5-9-19-16(13)24-2/h3-9,11H,1-2H3,(H,20,21)/t11-/m1/s1. The fourth-order valence-electron chi connectivity index (χ4n) is 1.91. The number of nitrogens with one attached hydrogen (secondary N) is 1. The first-order valence-corrected chi connectivity index (χ1v) is 8.29.